The van der Waals surface area contributed by atoms with Gasteiger partial charge in [0.05, 0.1) is 13.2 Å². The Balaban J connectivity index is 1.69. The van der Waals surface area contributed by atoms with Gasteiger partial charge in [-0.3, -0.25) is 0 Å². The molecule has 0 bridgehead atoms. The molecule has 136 valence electrons. The van der Waals surface area contributed by atoms with Crippen LogP contribution in [-0.4, -0.2) is 19.0 Å². The molecule has 0 N–H and O–H groups in total. The molecule has 2 nitrogen and oxygen atoms in total. The van der Waals surface area contributed by atoms with Gasteiger partial charge in [-0.25, -0.2) is 0 Å². The molecule has 0 radical (unpaired) electrons. The Morgan fingerprint density at radius 1 is 0.958 bits per heavy atom. The van der Waals surface area contributed by atoms with Gasteiger partial charge in [0.25, 0.3) is 0 Å². The molecule has 2 atom stereocenters. The van der Waals surface area contributed by atoms with Gasteiger partial charge >= 0.3 is 0 Å². The zero-order valence-electron chi connectivity index (χ0n) is 13.2. The predicted octanol–water partition coefficient (Wildman–Crippen LogP) is 7.18. The third-order valence-corrected chi connectivity index (χ3v) is 9.43. The van der Waals surface area contributed by atoms with E-state index < -0.39 is 4.36 Å². The summed E-state index contributed by atoms with van der Waals surface area (Å²) in [5, 5.41) is 0. The smallest absolute Gasteiger partial charge is 0.168 e. The number of hydrogen-bond acceptors (Lipinski definition) is 2. The van der Waals surface area contributed by atoms with E-state index >= 15 is 0 Å². The molecule has 1 aromatic rings. The maximum atomic E-state index is 6.25. The summed E-state index contributed by atoms with van der Waals surface area (Å²) >= 11 is 0. The fourth-order valence-corrected chi connectivity index (χ4v) is 6.46. The van der Waals surface area contributed by atoms with Crippen molar-refractivity contribution in [2.24, 2.45) is 5.92 Å². The van der Waals surface area contributed by atoms with Gasteiger partial charge in [-0.1, -0.05) is 6.07 Å². The normalized spacial score (nSPS) is 34.5. The maximum Gasteiger partial charge on any atom is 0.168 e. The lowest BCUT2D eigenvalue weighted by atomic mass is 9.79. The van der Waals surface area contributed by atoms with Gasteiger partial charge in [-0.05, 0) is 108 Å². The van der Waals surface area contributed by atoms with Crippen LogP contribution < -0.4 is 0 Å². The Bertz CT molecular complexity index is 711. The van der Waals surface area contributed by atoms with Crippen LogP contribution in [0.5, 0.6) is 0 Å². The van der Waals surface area contributed by atoms with E-state index in [-0.39, 0.29) is 11.2 Å². The largest absolute Gasteiger partial charge is 0.348 e. The third kappa shape index (κ3) is 3.18. The van der Waals surface area contributed by atoms with Crippen molar-refractivity contribution in [1.82, 2.24) is 0 Å². The van der Waals surface area contributed by atoms with Crippen LogP contribution in [0.25, 0.3) is 0 Å². The van der Waals surface area contributed by atoms with Crippen LogP contribution in [0.15, 0.2) is 23.1 Å². The molecule has 2 aliphatic carbocycles. The average Bonchev–Trinajstić information content (AvgIpc) is 2.98. The second kappa shape index (κ2) is 4.86. The average molecular weight is 453 g/mol. The SMILES string of the molecule is Cc1cc(C23CCC4(CC2C3)OCCO4)cc(S(Cl)(Cl)(Cl)(Cl)Cl)c1. The lowest BCUT2D eigenvalue weighted by Crippen LogP contribution is -2.37. The number of rotatable bonds is 2. The van der Waals surface area contributed by atoms with E-state index in [0.29, 0.717) is 24.0 Å². The molecular weight excluding hydrogens is 434 g/mol. The molecule has 1 saturated heterocycles. The number of fused-ring (bicyclic) bond motifs is 1. The van der Waals surface area contributed by atoms with Crippen molar-refractivity contribution >= 4 is 57.8 Å². The predicted molar refractivity (Wildman–Crippen MR) is 105 cm³/mol. The van der Waals surface area contributed by atoms with Gasteiger partial charge in [0.1, 0.15) is 0 Å². The number of aryl methyl sites for hydroxylation is 1. The summed E-state index contributed by atoms with van der Waals surface area (Å²) in [5.74, 6) is 0.146. The summed E-state index contributed by atoms with van der Waals surface area (Å²) in [6.07, 6.45) is 3.90. The van der Waals surface area contributed by atoms with E-state index in [1.54, 1.807) is 6.07 Å². The molecular formula is C16H19Cl5O2S. The minimum absolute atomic E-state index is 0.1000. The quantitative estimate of drug-likeness (QED) is 0.473. The minimum Gasteiger partial charge on any atom is -0.348 e. The van der Waals surface area contributed by atoms with Crippen molar-refractivity contribution in [3.05, 3.63) is 29.3 Å². The highest BCUT2D eigenvalue weighted by Gasteiger charge is 2.63. The Morgan fingerprint density at radius 3 is 2.21 bits per heavy atom. The molecule has 1 spiro atoms. The fraction of sp³-hybridized carbons (Fsp3) is 0.625. The van der Waals surface area contributed by atoms with E-state index in [2.05, 4.69) is 6.07 Å². The van der Waals surface area contributed by atoms with Crippen LogP contribution in [-0.2, 0) is 14.9 Å². The second-order valence-corrected chi connectivity index (χ2v) is 26.1. The molecule has 8 heteroatoms. The molecule has 0 aromatic heterocycles. The zero-order valence-corrected chi connectivity index (χ0v) is 17.8. The summed E-state index contributed by atoms with van der Waals surface area (Å²) in [6.45, 7) is 3.34. The summed E-state index contributed by atoms with van der Waals surface area (Å²) in [7, 11) is 31.2. The van der Waals surface area contributed by atoms with E-state index in [9.17, 15) is 0 Å². The van der Waals surface area contributed by atoms with Crippen molar-refractivity contribution in [3.63, 3.8) is 0 Å². The molecule has 0 amide bonds. The molecule has 1 aromatic carbocycles. The number of halogens is 5. The van der Waals surface area contributed by atoms with Crippen LogP contribution >= 0.6 is 57.8 Å². The van der Waals surface area contributed by atoms with E-state index in [0.717, 1.165) is 36.8 Å². The van der Waals surface area contributed by atoms with Crippen molar-refractivity contribution in [2.75, 3.05) is 13.2 Å². The van der Waals surface area contributed by atoms with Crippen LogP contribution in [0.2, 0.25) is 0 Å². The second-order valence-electron chi connectivity index (χ2n) is 7.37. The van der Waals surface area contributed by atoms with Crippen molar-refractivity contribution in [1.29, 1.82) is 0 Å². The topological polar surface area (TPSA) is 18.5 Å². The molecule has 4 rings (SSSR count). The highest BCUT2D eigenvalue weighted by Crippen LogP contribution is 3.12. The summed E-state index contributed by atoms with van der Waals surface area (Å²) < 4.78 is 6.93. The van der Waals surface area contributed by atoms with E-state index in [4.69, 9.17) is 62.9 Å². The fourth-order valence-electron chi connectivity index (χ4n) is 4.36. The number of hydrogen-bond donors (Lipinski definition) is 0. The molecule has 3 fully saturated rings. The van der Waals surface area contributed by atoms with Crippen molar-refractivity contribution < 1.29 is 9.47 Å². The van der Waals surface area contributed by atoms with Crippen LogP contribution in [0.1, 0.15) is 36.8 Å². The minimum atomic E-state index is -4.81. The Hall–Kier alpha value is 0.940. The molecule has 2 saturated carbocycles. The highest BCUT2D eigenvalue weighted by atomic mass is 36.6. The Kier molecular flexibility index (Phi) is 3.70. The standard InChI is InChI=1S/C16H19Cl5O2S/c1-11-6-12(8-14(7-11)24(17,18,19,20)21)15-2-3-16(10-13(15)9-15)22-4-5-23-16/h6-8,13H,2-5,9-10H2,1H3. The maximum absolute atomic E-state index is 6.25. The lowest BCUT2D eigenvalue weighted by molar-refractivity contribution is -0.180. The summed E-state index contributed by atoms with van der Waals surface area (Å²) in [5.41, 5.74) is 2.25. The van der Waals surface area contributed by atoms with E-state index in [1.165, 1.54) is 0 Å². The van der Waals surface area contributed by atoms with Gasteiger partial charge in [-0.15, -0.1) is 0 Å². The van der Waals surface area contributed by atoms with Gasteiger partial charge in [0.2, 0.25) is 0 Å². The van der Waals surface area contributed by atoms with Crippen molar-refractivity contribution in [2.45, 2.75) is 48.7 Å². The molecule has 24 heavy (non-hydrogen) atoms. The Labute approximate surface area is 163 Å². The van der Waals surface area contributed by atoms with Gasteiger partial charge in [-0.2, -0.15) is 0 Å². The first-order valence-electron chi connectivity index (χ1n) is 7.96. The van der Waals surface area contributed by atoms with Crippen LogP contribution in [0.4, 0.5) is 0 Å². The van der Waals surface area contributed by atoms with Crippen molar-refractivity contribution in [3.8, 4) is 0 Å². The molecule has 2 unspecified atom stereocenters. The lowest BCUT2D eigenvalue weighted by Gasteiger charge is -2.50. The molecule has 1 aliphatic heterocycles. The monoisotopic (exact) mass is 450 g/mol. The van der Waals surface area contributed by atoms with Gasteiger partial charge in [0, 0.05) is 22.1 Å². The third-order valence-electron chi connectivity index (χ3n) is 5.63. The highest BCUT2D eigenvalue weighted by molar-refractivity contribution is 9.23. The Morgan fingerprint density at radius 2 is 1.62 bits per heavy atom. The molecule has 3 aliphatic rings. The van der Waals surface area contributed by atoms with Crippen LogP contribution in [0, 0.1) is 12.8 Å². The first kappa shape index (κ1) is 18.3. The van der Waals surface area contributed by atoms with Gasteiger partial charge in [0.15, 0.2) is 5.79 Å². The summed E-state index contributed by atoms with van der Waals surface area (Å²) in [4.78, 5) is 0.381. The summed E-state index contributed by atoms with van der Waals surface area (Å²) in [6, 6.07) is 5.80. The number of benzene rings is 1. The van der Waals surface area contributed by atoms with Crippen LogP contribution in [0.3, 0.4) is 0 Å². The van der Waals surface area contributed by atoms with E-state index in [1.807, 2.05) is 13.0 Å². The zero-order chi connectivity index (χ0) is 17.5. The first-order valence-corrected chi connectivity index (χ1v) is 14.5. The number of ether oxygens (including phenoxy) is 2. The van der Waals surface area contributed by atoms with Gasteiger partial charge < -0.3 is 9.47 Å². The first-order chi connectivity index (χ1) is 10.8. The molecule has 1 heterocycles.